The lowest BCUT2D eigenvalue weighted by atomic mass is 10.1. The van der Waals surface area contributed by atoms with E-state index in [0.29, 0.717) is 0 Å². The summed E-state index contributed by atoms with van der Waals surface area (Å²) in [6.45, 7) is 0. The van der Waals surface area contributed by atoms with Crippen molar-refractivity contribution in [2.75, 3.05) is 21.1 Å². The van der Waals surface area contributed by atoms with Crippen molar-refractivity contribution in [1.82, 2.24) is 0 Å². The van der Waals surface area contributed by atoms with Crippen LogP contribution in [0.1, 0.15) is 7.43 Å². The number of hydrogen-bond acceptors (Lipinski definition) is 5. The maximum Gasteiger partial charge on any atom is 0.190 e. The predicted octanol–water partition coefficient (Wildman–Crippen LogP) is 1.84. The fraction of sp³-hybridized carbons (Fsp3) is 0.333. The molecule has 19 heavy (non-hydrogen) atoms. The first-order valence-electron chi connectivity index (χ1n) is 5.03. The number of rotatable bonds is 2. The van der Waals surface area contributed by atoms with Crippen molar-refractivity contribution >= 4 is 23.9 Å². The number of hydrazone groups is 1. The van der Waals surface area contributed by atoms with Crippen molar-refractivity contribution in [3.8, 4) is 0 Å². The highest BCUT2D eigenvalue weighted by atomic mass is 16.7. The van der Waals surface area contributed by atoms with Gasteiger partial charge in [0, 0.05) is 27.4 Å². The van der Waals surface area contributed by atoms with E-state index in [0.717, 1.165) is 17.6 Å². The van der Waals surface area contributed by atoms with Gasteiger partial charge in [0.25, 0.3) is 0 Å². The van der Waals surface area contributed by atoms with Crippen LogP contribution in [0.4, 0.5) is 0 Å². The summed E-state index contributed by atoms with van der Waals surface area (Å²) in [7, 11) is 5.06. The molecule has 0 aromatic carbocycles. The third-order valence-electron chi connectivity index (χ3n) is 1.74. The first-order chi connectivity index (χ1) is 8.63. The molecule has 1 aliphatic carbocycles. The minimum absolute atomic E-state index is 0. The lowest BCUT2D eigenvalue weighted by molar-refractivity contribution is -0.484. The Hall–Kier alpha value is -2.44. The van der Waals surface area contributed by atoms with Gasteiger partial charge in [-0.25, -0.2) is 10.1 Å². The van der Waals surface area contributed by atoms with Gasteiger partial charge in [-0.3, -0.25) is 15.0 Å². The second-order valence-corrected chi connectivity index (χ2v) is 2.87. The first kappa shape index (κ1) is 18.9. The van der Waals surface area contributed by atoms with Gasteiger partial charge < -0.3 is 0 Å². The Balaban J connectivity index is 0. The van der Waals surface area contributed by atoms with E-state index in [1.165, 1.54) is 13.3 Å². The topological polar surface area (TPSA) is 92.6 Å². The molecule has 0 aromatic rings. The molecule has 0 fully saturated rings. The largest absolute Gasteiger partial charge is 0.295 e. The minimum atomic E-state index is -0.790. The van der Waals surface area contributed by atoms with E-state index in [9.17, 15) is 10.1 Å². The van der Waals surface area contributed by atoms with Gasteiger partial charge in [0.2, 0.25) is 0 Å². The molecule has 0 radical (unpaired) electrons. The van der Waals surface area contributed by atoms with Crippen LogP contribution in [0.2, 0.25) is 0 Å². The Morgan fingerprint density at radius 2 is 1.42 bits per heavy atom. The molecule has 0 unspecified atom stereocenters. The molecular weight excluding hydrogens is 246 g/mol. The molecular formula is C12H19N5O2. The summed E-state index contributed by atoms with van der Waals surface area (Å²) in [5.74, 6) is 0. The normalized spacial score (nSPS) is 13.0. The van der Waals surface area contributed by atoms with Crippen LogP contribution in [-0.4, -0.2) is 50.0 Å². The van der Waals surface area contributed by atoms with E-state index in [1.54, 1.807) is 14.1 Å². The van der Waals surface area contributed by atoms with Crippen LogP contribution in [0.15, 0.2) is 44.4 Å². The van der Waals surface area contributed by atoms with Crippen LogP contribution in [0.25, 0.3) is 0 Å². The Kier molecular flexibility index (Phi) is 12.0. The summed E-state index contributed by atoms with van der Waals surface area (Å²) >= 11 is 0. The number of nitrogens with zero attached hydrogens (tertiary/aromatic N) is 5. The van der Waals surface area contributed by atoms with Crippen LogP contribution in [0, 0.1) is 10.1 Å². The summed E-state index contributed by atoms with van der Waals surface area (Å²) in [6.07, 6.45) is 10.0. The van der Waals surface area contributed by atoms with Crippen molar-refractivity contribution in [3.63, 3.8) is 0 Å². The molecule has 104 valence electrons. The van der Waals surface area contributed by atoms with Crippen LogP contribution >= 0.6 is 0 Å². The molecule has 0 atom stereocenters. The Morgan fingerprint density at radius 1 is 1.00 bits per heavy atom. The average molecular weight is 265 g/mol. The molecule has 0 bridgehead atoms. The van der Waals surface area contributed by atoms with Gasteiger partial charge in [0.1, 0.15) is 6.21 Å². The minimum Gasteiger partial charge on any atom is -0.295 e. The highest BCUT2D eigenvalue weighted by Crippen LogP contribution is 1.95. The third kappa shape index (κ3) is 10.4. The summed E-state index contributed by atoms with van der Waals surface area (Å²) in [6, 6.07) is 0. The standard InChI is InChI=1S/C8H10N2.C3H5N3O2.CH4/c1-9-7-3-5-8(10-2)6-4-7;1-4-2-3-5-6(7)8;/h3-6H,1-2H3;2-3H,1H3;1H4/b;4-2?,5-3-;. The van der Waals surface area contributed by atoms with Gasteiger partial charge in [-0.15, -0.1) is 0 Å². The van der Waals surface area contributed by atoms with E-state index >= 15 is 0 Å². The van der Waals surface area contributed by atoms with Gasteiger partial charge in [0.15, 0.2) is 5.03 Å². The molecule has 7 nitrogen and oxygen atoms in total. The second kappa shape index (κ2) is 12.0. The van der Waals surface area contributed by atoms with Crippen molar-refractivity contribution in [3.05, 3.63) is 34.4 Å². The molecule has 0 saturated carbocycles. The Morgan fingerprint density at radius 3 is 1.68 bits per heavy atom. The fourth-order valence-corrected chi connectivity index (χ4v) is 0.902. The van der Waals surface area contributed by atoms with Crippen molar-refractivity contribution in [1.29, 1.82) is 0 Å². The highest BCUT2D eigenvalue weighted by Gasteiger charge is 1.94. The zero-order valence-electron chi connectivity index (χ0n) is 10.5. The number of aliphatic imine (C=N–C) groups is 3. The third-order valence-corrected chi connectivity index (χ3v) is 1.74. The molecule has 0 aliphatic heterocycles. The average Bonchev–Trinajstić information content (AvgIpc) is 2.39. The van der Waals surface area contributed by atoms with Gasteiger partial charge in [-0.2, -0.15) is 0 Å². The van der Waals surface area contributed by atoms with E-state index < -0.39 is 5.03 Å². The van der Waals surface area contributed by atoms with Gasteiger partial charge >= 0.3 is 0 Å². The molecule has 0 saturated heterocycles. The predicted molar refractivity (Wildman–Crippen MR) is 81.6 cm³/mol. The summed E-state index contributed by atoms with van der Waals surface area (Å²) in [4.78, 5) is 20.9. The molecule has 0 heterocycles. The molecule has 0 N–H and O–H groups in total. The molecule has 0 spiro atoms. The molecule has 1 aliphatic rings. The summed E-state index contributed by atoms with van der Waals surface area (Å²) in [5.41, 5.74) is 1.99. The lowest BCUT2D eigenvalue weighted by Gasteiger charge is -1.98. The zero-order valence-corrected chi connectivity index (χ0v) is 10.5. The smallest absolute Gasteiger partial charge is 0.190 e. The van der Waals surface area contributed by atoms with Crippen LogP contribution < -0.4 is 0 Å². The number of nitro groups is 1. The van der Waals surface area contributed by atoms with Crippen LogP contribution in [-0.2, 0) is 0 Å². The van der Waals surface area contributed by atoms with Crippen LogP contribution in [0.3, 0.4) is 0 Å². The summed E-state index contributed by atoms with van der Waals surface area (Å²) in [5, 5.41) is 11.4. The maximum absolute atomic E-state index is 9.42. The Labute approximate surface area is 113 Å². The molecule has 0 aromatic heterocycles. The van der Waals surface area contributed by atoms with E-state index in [4.69, 9.17) is 0 Å². The lowest BCUT2D eigenvalue weighted by Crippen LogP contribution is -1.98. The summed E-state index contributed by atoms with van der Waals surface area (Å²) < 4.78 is 0. The Bertz CT molecular complexity index is 403. The maximum atomic E-state index is 9.42. The quantitative estimate of drug-likeness (QED) is 0.330. The molecule has 1 rings (SSSR count). The molecule has 7 heteroatoms. The van der Waals surface area contributed by atoms with Crippen molar-refractivity contribution in [2.45, 2.75) is 7.43 Å². The van der Waals surface area contributed by atoms with Gasteiger partial charge in [-0.05, 0) is 24.3 Å². The molecule has 0 amide bonds. The van der Waals surface area contributed by atoms with E-state index in [-0.39, 0.29) is 7.43 Å². The SMILES string of the molecule is C.CN=C/C=N\[N+](=O)[O-].CN=C1C=CC(=NC)C=C1. The van der Waals surface area contributed by atoms with Crippen LogP contribution in [0.5, 0.6) is 0 Å². The van der Waals surface area contributed by atoms with E-state index in [2.05, 4.69) is 20.1 Å². The van der Waals surface area contributed by atoms with Crippen molar-refractivity contribution < 1.29 is 5.03 Å². The fourth-order valence-electron chi connectivity index (χ4n) is 0.902. The second-order valence-electron chi connectivity index (χ2n) is 2.87. The van der Waals surface area contributed by atoms with E-state index in [1.807, 2.05) is 24.3 Å². The monoisotopic (exact) mass is 265 g/mol. The van der Waals surface area contributed by atoms with Gasteiger partial charge in [0.05, 0.1) is 16.5 Å². The first-order valence-corrected chi connectivity index (χ1v) is 5.03. The van der Waals surface area contributed by atoms with Crippen molar-refractivity contribution in [2.24, 2.45) is 20.1 Å². The number of hydrogen-bond donors (Lipinski definition) is 0. The van der Waals surface area contributed by atoms with Gasteiger partial charge in [-0.1, -0.05) is 7.43 Å². The highest BCUT2D eigenvalue weighted by molar-refractivity contribution is 6.18. The zero-order chi connectivity index (χ0) is 13.8. The number of allylic oxidation sites excluding steroid dienone is 4.